The van der Waals surface area contributed by atoms with Gasteiger partial charge in [0.15, 0.2) is 18.9 Å². The highest BCUT2D eigenvalue weighted by Crippen LogP contribution is 2.43. The standard InChI is InChI=1S/C23H41N7O12/c24-6-2-7(25)17(39-21-11(26)8(32)1-5(37-21)3-29-30-28)20(13(6)33)42-23-16(36)18(9(4-31)38-23)40-22-12(27)10-14(34)15(35)19(10)41-22/h5-23,31-36H,1-4,24-27H2. The van der Waals surface area contributed by atoms with E-state index < -0.39 is 123 Å². The molecule has 240 valence electrons. The molecule has 19 atom stereocenters. The average Bonchev–Trinajstić information content (AvgIpc) is 3.43. The van der Waals surface area contributed by atoms with Gasteiger partial charge < -0.3 is 82.0 Å². The maximum Gasteiger partial charge on any atom is 0.187 e. The predicted molar refractivity (Wildman–Crippen MR) is 136 cm³/mol. The Morgan fingerprint density at radius 1 is 0.738 bits per heavy atom. The SMILES string of the molecule is [N-]=[N+]=NCC1CC(O)C(N)C(OC2C(N)CC(N)C(O)C2OC2OC(CO)C(OC3OC4C(O)C(O)C4C3N)C2O)O1. The van der Waals surface area contributed by atoms with E-state index in [4.69, 9.17) is 56.9 Å². The molecule has 0 amide bonds. The number of ether oxygens (including phenoxy) is 6. The summed E-state index contributed by atoms with van der Waals surface area (Å²) in [5.74, 6) is -0.569. The van der Waals surface area contributed by atoms with E-state index in [1.807, 2.05) is 0 Å². The number of nitrogens with zero attached hydrogens (tertiary/aromatic N) is 3. The monoisotopic (exact) mass is 607 g/mol. The van der Waals surface area contributed by atoms with Crippen LogP contribution < -0.4 is 22.9 Å². The number of rotatable bonds is 9. The fourth-order valence-corrected chi connectivity index (χ4v) is 6.38. The van der Waals surface area contributed by atoms with E-state index >= 15 is 0 Å². The summed E-state index contributed by atoms with van der Waals surface area (Å²) in [4.78, 5) is 2.70. The van der Waals surface area contributed by atoms with Gasteiger partial charge in [0.2, 0.25) is 0 Å². The summed E-state index contributed by atoms with van der Waals surface area (Å²) in [5, 5.41) is 65.9. The molecule has 3 aliphatic heterocycles. The maximum absolute atomic E-state index is 11.1. The van der Waals surface area contributed by atoms with Crippen LogP contribution in [0.2, 0.25) is 0 Å². The largest absolute Gasteiger partial charge is 0.394 e. The first-order valence-corrected chi connectivity index (χ1v) is 13.9. The first-order chi connectivity index (χ1) is 20.0. The highest BCUT2D eigenvalue weighted by molar-refractivity contribution is 5.09. The molecular formula is C23H41N7O12. The normalized spacial score (nSPS) is 54.2. The summed E-state index contributed by atoms with van der Waals surface area (Å²) in [7, 11) is 0. The number of fused-ring (bicyclic) bond motifs is 1. The summed E-state index contributed by atoms with van der Waals surface area (Å²) < 4.78 is 35.1. The van der Waals surface area contributed by atoms with Crippen molar-refractivity contribution in [1.82, 2.24) is 0 Å². The minimum Gasteiger partial charge on any atom is -0.394 e. The summed E-state index contributed by atoms with van der Waals surface area (Å²) in [6.45, 7) is -0.673. The van der Waals surface area contributed by atoms with Gasteiger partial charge in [-0.05, 0) is 12.0 Å². The maximum atomic E-state index is 11.1. The van der Waals surface area contributed by atoms with Crippen LogP contribution in [0.3, 0.4) is 0 Å². The zero-order valence-electron chi connectivity index (χ0n) is 22.6. The van der Waals surface area contributed by atoms with Gasteiger partial charge in [0.25, 0.3) is 0 Å². The molecule has 3 heterocycles. The Hall–Kier alpha value is -1.33. The average molecular weight is 608 g/mol. The number of azide groups is 1. The van der Waals surface area contributed by atoms with Gasteiger partial charge in [0, 0.05) is 29.3 Å². The van der Waals surface area contributed by atoms with Crippen LogP contribution in [-0.4, -0.2) is 154 Å². The molecule has 42 heavy (non-hydrogen) atoms. The van der Waals surface area contributed by atoms with Crippen LogP contribution in [0.25, 0.3) is 10.4 Å². The van der Waals surface area contributed by atoms with Gasteiger partial charge in [-0.3, -0.25) is 0 Å². The second-order valence-corrected chi connectivity index (χ2v) is 11.6. The lowest BCUT2D eigenvalue weighted by Crippen LogP contribution is -2.66. The van der Waals surface area contributed by atoms with Crippen LogP contribution in [0.5, 0.6) is 0 Å². The molecule has 5 aliphatic rings. The fourth-order valence-electron chi connectivity index (χ4n) is 6.38. The van der Waals surface area contributed by atoms with Crippen LogP contribution in [0.4, 0.5) is 0 Å². The van der Waals surface area contributed by atoms with Gasteiger partial charge in [0.05, 0.1) is 55.8 Å². The molecule has 5 rings (SSSR count). The Morgan fingerprint density at radius 2 is 1.40 bits per heavy atom. The molecule has 3 saturated heterocycles. The Bertz CT molecular complexity index is 984. The Balaban J connectivity index is 1.28. The number of hydrogen-bond acceptors (Lipinski definition) is 17. The molecule has 5 fully saturated rings. The number of hydrogen-bond donors (Lipinski definition) is 10. The minimum atomic E-state index is -1.53. The van der Waals surface area contributed by atoms with E-state index in [9.17, 15) is 30.6 Å². The smallest absolute Gasteiger partial charge is 0.187 e. The molecule has 2 aliphatic carbocycles. The van der Waals surface area contributed by atoms with Crippen molar-refractivity contribution in [3.8, 4) is 0 Å². The minimum absolute atomic E-state index is 0.0793. The Labute approximate surface area is 240 Å². The molecule has 19 heteroatoms. The topological polar surface area (TPSA) is 330 Å². The van der Waals surface area contributed by atoms with Crippen molar-refractivity contribution in [2.24, 2.45) is 34.0 Å². The summed E-state index contributed by atoms with van der Waals surface area (Å²) in [5.41, 5.74) is 33.3. The van der Waals surface area contributed by atoms with E-state index in [1.54, 1.807) is 0 Å². The van der Waals surface area contributed by atoms with E-state index in [0.717, 1.165) is 0 Å². The predicted octanol–water partition coefficient (Wildman–Crippen LogP) is -5.84. The molecular weight excluding hydrogens is 566 g/mol. The zero-order valence-corrected chi connectivity index (χ0v) is 22.6. The quantitative estimate of drug-likeness (QED) is 0.0662. The van der Waals surface area contributed by atoms with Gasteiger partial charge in [-0.1, -0.05) is 5.11 Å². The van der Waals surface area contributed by atoms with Crippen LogP contribution in [0, 0.1) is 5.92 Å². The highest BCUT2D eigenvalue weighted by Gasteiger charge is 2.62. The molecule has 19 nitrogen and oxygen atoms in total. The van der Waals surface area contributed by atoms with Crippen molar-refractivity contribution < 1.29 is 59.1 Å². The molecule has 0 radical (unpaired) electrons. The third-order valence-corrected chi connectivity index (χ3v) is 8.86. The highest BCUT2D eigenvalue weighted by atomic mass is 16.8. The van der Waals surface area contributed by atoms with Gasteiger partial charge in [-0.25, -0.2) is 0 Å². The lowest BCUT2D eigenvalue weighted by molar-refractivity contribution is -0.294. The number of aliphatic hydroxyl groups is 6. The molecule has 0 aromatic heterocycles. The molecule has 14 N–H and O–H groups in total. The van der Waals surface area contributed by atoms with Crippen molar-refractivity contribution in [2.75, 3.05) is 13.2 Å². The zero-order chi connectivity index (χ0) is 30.5. The van der Waals surface area contributed by atoms with Crippen LogP contribution in [0.15, 0.2) is 5.11 Å². The van der Waals surface area contributed by atoms with Crippen molar-refractivity contribution >= 4 is 0 Å². The summed E-state index contributed by atoms with van der Waals surface area (Å²) in [6, 6.07) is -3.49. The third-order valence-electron chi connectivity index (χ3n) is 8.86. The van der Waals surface area contributed by atoms with Gasteiger partial charge in [-0.15, -0.1) is 0 Å². The number of nitrogens with two attached hydrogens (primary N) is 4. The van der Waals surface area contributed by atoms with Crippen molar-refractivity contribution in [3.05, 3.63) is 10.4 Å². The molecule has 0 bridgehead atoms. The van der Waals surface area contributed by atoms with Crippen LogP contribution in [-0.2, 0) is 28.4 Å². The van der Waals surface area contributed by atoms with E-state index in [2.05, 4.69) is 10.0 Å². The lowest BCUT2D eigenvalue weighted by atomic mass is 9.73. The molecule has 19 unspecified atom stereocenters. The van der Waals surface area contributed by atoms with Gasteiger partial charge in [0.1, 0.15) is 36.6 Å². The molecule has 0 spiro atoms. The second kappa shape index (κ2) is 13.0. The van der Waals surface area contributed by atoms with Gasteiger partial charge >= 0.3 is 0 Å². The fraction of sp³-hybridized carbons (Fsp3) is 1.00. The summed E-state index contributed by atoms with van der Waals surface area (Å²) in [6.07, 6.45) is -15.9. The number of aliphatic hydroxyl groups excluding tert-OH is 6. The van der Waals surface area contributed by atoms with Crippen molar-refractivity contribution in [1.29, 1.82) is 0 Å². The van der Waals surface area contributed by atoms with Crippen molar-refractivity contribution in [3.63, 3.8) is 0 Å². The lowest BCUT2D eigenvalue weighted by Gasteiger charge is -2.46. The third kappa shape index (κ3) is 5.87. The van der Waals surface area contributed by atoms with Crippen LogP contribution in [0.1, 0.15) is 12.8 Å². The molecule has 0 aromatic rings. The Morgan fingerprint density at radius 3 is 2.07 bits per heavy atom. The van der Waals surface area contributed by atoms with Crippen molar-refractivity contribution in [2.45, 2.75) is 123 Å². The Kier molecular flexibility index (Phi) is 9.89. The summed E-state index contributed by atoms with van der Waals surface area (Å²) >= 11 is 0. The molecule has 2 saturated carbocycles. The van der Waals surface area contributed by atoms with Crippen LogP contribution >= 0.6 is 0 Å². The van der Waals surface area contributed by atoms with E-state index in [0.29, 0.717) is 0 Å². The van der Waals surface area contributed by atoms with E-state index in [-0.39, 0.29) is 19.4 Å². The first kappa shape index (κ1) is 32.1. The van der Waals surface area contributed by atoms with Gasteiger partial charge in [-0.2, -0.15) is 0 Å². The molecule has 0 aromatic carbocycles. The van der Waals surface area contributed by atoms with E-state index in [1.165, 1.54) is 0 Å². The second-order valence-electron chi connectivity index (χ2n) is 11.6. The first-order valence-electron chi connectivity index (χ1n) is 13.9.